The van der Waals surface area contributed by atoms with E-state index in [9.17, 15) is 18.7 Å². The number of nitrogens with zero attached hydrogens (tertiary/aromatic N) is 2. The Bertz CT molecular complexity index is 941. The molecule has 1 aromatic heterocycles. The Morgan fingerprint density at radius 1 is 1.44 bits per heavy atom. The van der Waals surface area contributed by atoms with Gasteiger partial charge in [-0.1, -0.05) is 11.6 Å². The monoisotopic (exact) mass is 468 g/mol. The molecular formula is C21H27ClF2N6O2. The first-order valence-electron chi connectivity index (χ1n) is 9.97. The van der Waals surface area contributed by atoms with Crippen LogP contribution in [0.15, 0.2) is 34.3 Å². The van der Waals surface area contributed by atoms with E-state index in [1.165, 1.54) is 45.4 Å². The van der Waals surface area contributed by atoms with Crippen LogP contribution in [0, 0.1) is 5.41 Å². The molecule has 0 aromatic carbocycles. The fraction of sp³-hybridized carbons (Fsp3) is 0.429. The second kappa shape index (κ2) is 11.1. The van der Waals surface area contributed by atoms with Crippen LogP contribution in [-0.2, 0) is 0 Å². The number of halogens is 3. The molecule has 1 aliphatic rings. The summed E-state index contributed by atoms with van der Waals surface area (Å²) in [6.07, 6.45) is 2.74. The minimum Gasteiger partial charge on any atom is -0.387 e. The van der Waals surface area contributed by atoms with Gasteiger partial charge in [0.2, 0.25) is 0 Å². The first-order valence-corrected chi connectivity index (χ1v) is 10.3. The Labute approximate surface area is 190 Å². The average molecular weight is 469 g/mol. The molecule has 0 radical (unpaired) electrons. The minimum atomic E-state index is -1.67. The average Bonchev–Trinajstić information content (AvgIpc) is 2.73. The van der Waals surface area contributed by atoms with Gasteiger partial charge in [-0.05, 0) is 33.3 Å². The van der Waals surface area contributed by atoms with Gasteiger partial charge in [-0.25, -0.2) is 13.8 Å². The highest BCUT2D eigenvalue weighted by Gasteiger charge is 2.27. The molecule has 174 valence electrons. The van der Waals surface area contributed by atoms with Crippen molar-refractivity contribution in [3.05, 3.63) is 40.6 Å². The summed E-state index contributed by atoms with van der Waals surface area (Å²) in [4.78, 5) is 21.0. The van der Waals surface area contributed by atoms with Crippen molar-refractivity contribution >= 4 is 41.2 Å². The van der Waals surface area contributed by atoms with E-state index in [2.05, 4.69) is 25.9 Å². The predicted molar refractivity (Wildman–Crippen MR) is 123 cm³/mol. The number of allylic oxidation sites excluding steroid dienone is 2. The molecular weight excluding hydrogens is 442 g/mol. The normalized spacial score (nSPS) is 17.0. The molecule has 0 fully saturated rings. The van der Waals surface area contributed by atoms with Gasteiger partial charge in [0, 0.05) is 31.4 Å². The summed E-state index contributed by atoms with van der Waals surface area (Å²) in [5, 5.41) is 26.1. The van der Waals surface area contributed by atoms with Crippen LogP contribution in [0.4, 0.5) is 14.5 Å². The lowest BCUT2D eigenvalue weighted by Gasteiger charge is -2.22. The van der Waals surface area contributed by atoms with Crippen LogP contribution < -0.4 is 16.0 Å². The number of anilines is 1. The lowest BCUT2D eigenvalue weighted by Crippen LogP contribution is -2.42. The quantitative estimate of drug-likeness (QED) is 0.338. The topological polar surface area (TPSA) is 122 Å². The first-order chi connectivity index (χ1) is 15.0. The molecule has 0 spiro atoms. The first kappa shape index (κ1) is 25.4. The zero-order valence-corrected chi connectivity index (χ0v) is 18.8. The maximum atomic E-state index is 14.0. The van der Waals surface area contributed by atoms with E-state index in [1.54, 1.807) is 0 Å². The SMILES string of the molecule is CC(F)CCNc1cc(/C(C=N)=C2\N=CC(Cl)=CN2)ncc1C(=O)NCC(F)C(C)(C)O. The van der Waals surface area contributed by atoms with E-state index in [4.69, 9.17) is 17.0 Å². The van der Waals surface area contributed by atoms with Gasteiger partial charge in [-0.2, -0.15) is 0 Å². The maximum Gasteiger partial charge on any atom is 0.255 e. The molecule has 0 saturated carbocycles. The Balaban J connectivity index is 2.34. The number of alkyl halides is 2. The third-order valence-electron chi connectivity index (χ3n) is 4.55. The van der Waals surface area contributed by atoms with E-state index in [0.29, 0.717) is 27.8 Å². The van der Waals surface area contributed by atoms with Crippen LogP contribution in [0.1, 0.15) is 43.2 Å². The molecule has 8 nitrogen and oxygen atoms in total. The Kier molecular flexibility index (Phi) is 8.85. The van der Waals surface area contributed by atoms with Crippen LogP contribution in [0.2, 0.25) is 0 Å². The number of aliphatic hydroxyl groups is 1. The van der Waals surface area contributed by atoms with Gasteiger partial charge in [0.05, 0.1) is 45.9 Å². The van der Waals surface area contributed by atoms with E-state index in [-0.39, 0.29) is 18.5 Å². The fourth-order valence-corrected chi connectivity index (χ4v) is 2.72. The van der Waals surface area contributed by atoms with Gasteiger partial charge in [-0.15, -0.1) is 0 Å². The number of hydrogen-bond donors (Lipinski definition) is 5. The van der Waals surface area contributed by atoms with E-state index < -0.39 is 30.4 Å². The summed E-state index contributed by atoms with van der Waals surface area (Å²) < 4.78 is 27.3. The highest BCUT2D eigenvalue weighted by molar-refractivity contribution is 6.39. The summed E-state index contributed by atoms with van der Waals surface area (Å²) in [5.41, 5.74) is -0.496. The summed E-state index contributed by atoms with van der Waals surface area (Å²) in [7, 11) is 0. The second-order valence-electron chi connectivity index (χ2n) is 7.78. The van der Waals surface area contributed by atoms with Crippen LogP contribution in [0.25, 0.3) is 5.57 Å². The largest absolute Gasteiger partial charge is 0.387 e. The molecule has 32 heavy (non-hydrogen) atoms. The van der Waals surface area contributed by atoms with Crippen molar-refractivity contribution < 1.29 is 18.7 Å². The minimum absolute atomic E-state index is 0.112. The number of nitrogens with one attached hydrogen (secondary N) is 4. The highest BCUT2D eigenvalue weighted by atomic mass is 35.5. The van der Waals surface area contributed by atoms with Crippen molar-refractivity contribution in [2.75, 3.05) is 18.4 Å². The molecule has 0 bridgehead atoms. The summed E-state index contributed by atoms with van der Waals surface area (Å²) in [6.45, 7) is 3.88. The van der Waals surface area contributed by atoms with Crippen molar-refractivity contribution in [1.82, 2.24) is 15.6 Å². The van der Waals surface area contributed by atoms with Gasteiger partial charge >= 0.3 is 0 Å². The lowest BCUT2D eigenvalue weighted by molar-refractivity contribution is -0.00177. The van der Waals surface area contributed by atoms with Gasteiger partial charge in [-0.3, -0.25) is 9.78 Å². The number of carbonyl (C=O) groups excluding carboxylic acids is 1. The molecule has 0 aliphatic carbocycles. The van der Waals surface area contributed by atoms with Crippen molar-refractivity contribution in [2.45, 2.75) is 45.1 Å². The second-order valence-corrected chi connectivity index (χ2v) is 8.22. The molecule has 2 unspecified atom stereocenters. The standard InChI is InChI=1S/C21H27ClF2N6O2/c1-12(23)4-5-26-17-6-16(14(7-25)19-28-8-13(22)9-29-19)27-10-15(17)20(31)30-11-18(24)21(2,3)32/h6-10,12,18,25,28,32H,4-5,11H2,1-3H3,(H,26,27)(H,30,31)/b19-14-,25-7?. The Morgan fingerprint density at radius 3 is 2.72 bits per heavy atom. The van der Waals surface area contributed by atoms with Gasteiger partial charge < -0.3 is 26.5 Å². The number of pyridine rings is 1. The zero-order chi connectivity index (χ0) is 23.9. The predicted octanol–water partition coefficient (Wildman–Crippen LogP) is 3.15. The highest BCUT2D eigenvalue weighted by Crippen LogP contribution is 2.23. The van der Waals surface area contributed by atoms with E-state index in [0.717, 1.165) is 6.21 Å². The number of aromatic nitrogens is 1. The number of hydrogen-bond acceptors (Lipinski definition) is 7. The van der Waals surface area contributed by atoms with E-state index >= 15 is 0 Å². The van der Waals surface area contributed by atoms with Gasteiger partial charge in [0.1, 0.15) is 12.0 Å². The summed E-state index contributed by atoms with van der Waals surface area (Å²) in [6, 6.07) is 1.53. The third kappa shape index (κ3) is 7.10. The molecule has 1 aromatic rings. The Hall–Kier alpha value is -2.85. The molecule has 1 aliphatic heterocycles. The molecule has 2 rings (SSSR count). The van der Waals surface area contributed by atoms with Crippen molar-refractivity contribution in [3.63, 3.8) is 0 Å². The van der Waals surface area contributed by atoms with Crippen LogP contribution in [-0.4, -0.2) is 59.5 Å². The number of amides is 1. The van der Waals surface area contributed by atoms with Crippen LogP contribution in [0.3, 0.4) is 0 Å². The molecule has 2 heterocycles. The molecule has 2 atom stereocenters. The number of rotatable bonds is 10. The van der Waals surface area contributed by atoms with Crippen LogP contribution >= 0.6 is 11.6 Å². The fourth-order valence-electron chi connectivity index (χ4n) is 2.61. The lowest BCUT2D eigenvalue weighted by atomic mass is 10.0. The van der Waals surface area contributed by atoms with Crippen molar-refractivity contribution in [1.29, 1.82) is 5.41 Å². The summed E-state index contributed by atoms with van der Waals surface area (Å²) in [5.74, 6) is -0.276. The van der Waals surface area contributed by atoms with Crippen molar-refractivity contribution in [3.8, 4) is 0 Å². The number of aliphatic imine (C=N–C) groups is 1. The van der Waals surface area contributed by atoms with Crippen LogP contribution in [0.5, 0.6) is 0 Å². The Morgan fingerprint density at radius 2 is 2.16 bits per heavy atom. The maximum absolute atomic E-state index is 14.0. The number of carbonyl (C=O) groups is 1. The molecule has 1 amide bonds. The third-order valence-corrected chi connectivity index (χ3v) is 4.76. The molecule has 11 heteroatoms. The zero-order valence-electron chi connectivity index (χ0n) is 18.0. The van der Waals surface area contributed by atoms with Gasteiger partial charge in [0.15, 0.2) is 0 Å². The summed E-state index contributed by atoms with van der Waals surface area (Å²) >= 11 is 5.85. The van der Waals surface area contributed by atoms with Gasteiger partial charge in [0.25, 0.3) is 5.91 Å². The van der Waals surface area contributed by atoms with E-state index in [1.807, 2.05) is 0 Å². The van der Waals surface area contributed by atoms with Crippen molar-refractivity contribution in [2.24, 2.45) is 4.99 Å². The molecule has 5 N–H and O–H groups in total. The smallest absolute Gasteiger partial charge is 0.255 e. The molecule has 0 saturated heterocycles.